The quantitative estimate of drug-likeness (QED) is 0.742. The van der Waals surface area contributed by atoms with Crippen LogP contribution in [-0.2, 0) is 17.6 Å². The van der Waals surface area contributed by atoms with Gasteiger partial charge in [0.1, 0.15) is 5.65 Å². The highest BCUT2D eigenvalue weighted by molar-refractivity contribution is 5.79. The molecule has 0 saturated heterocycles. The van der Waals surface area contributed by atoms with Gasteiger partial charge in [0.05, 0.1) is 18.2 Å². The molecule has 1 atom stereocenters. The molecule has 4 rings (SSSR count). The molecule has 0 fully saturated rings. The van der Waals surface area contributed by atoms with Crippen LogP contribution >= 0.6 is 0 Å². The van der Waals surface area contributed by atoms with Gasteiger partial charge in [0.25, 0.3) is 0 Å². The van der Waals surface area contributed by atoms with Gasteiger partial charge in [-0.3, -0.25) is 4.79 Å². The van der Waals surface area contributed by atoms with Crippen molar-refractivity contribution in [3.05, 3.63) is 71.7 Å². The van der Waals surface area contributed by atoms with Gasteiger partial charge < -0.3 is 9.30 Å². The minimum Gasteiger partial charge on any atom is -0.338 e. The third kappa shape index (κ3) is 2.58. The van der Waals surface area contributed by atoms with Gasteiger partial charge >= 0.3 is 0 Å². The highest BCUT2D eigenvalue weighted by Gasteiger charge is 2.26. The Bertz CT molecular complexity index is 883. The van der Waals surface area contributed by atoms with Crippen LogP contribution in [0.4, 0.5) is 0 Å². The molecule has 2 aromatic heterocycles. The summed E-state index contributed by atoms with van der Waals surface area (Å²) < 4.78 is 1.99. The Hall–Kier alpha value is -2.62. The maximum Gasteiger partial charge on any atom is 0.228 e. The van der Waals surface area contributed by atoms with Crippen molar-refractivity contribution < 1.29 is 4.79 Å². The van der Waals surface area contributed by atoms with E-state index in [1.54, 1.807) is 6.20 Å². The lowest BCUT2D eigenvalue weighted by Gasteiger charge is -2.33. The third-order valence-electron chi connectivity index (χ3n) is 5.02. The van der Waals surface area contributed by atoms with E-state index in [1.807, 2.05) is 40.7 Å². The second-order valence-electron chi connectivity index (χ2n) is 6.47. The molecule has 0 unspecified atom stereocenters. The Morgan fingerprint density at radius 3 is 3.00 bits per heavy atom. The van der Waals surface area contributed by atoms with Crippen LogP contribution in [-0.4, -0.2) is 27.2 Å². The number of hydrogen-bond donors (Lipinski definition) is 0. The highest BCUT2D eigenvalue weighted by atomic mass is 16.2. The zero-order chi connectivity index (χ0) is 16.5. The number of fused-ring (bicyclic) bond motifs is 2. The Balaban J connectivity index is 1.57. The summed E-state index contributed by atoms with van der Waals surface area (Å²) in [6.45, 7) is 0. The van der Waals surface area contributed by atoms with Gasteiger partial charge in [-0.05, 0) is 42.5 Å². The SMILES string of the molecule is CN(C(=O)Cc1cnc2ccccn12)[C@H]1CCCc2ccccc21. The maximum atomic E-state index is 12.8. The number of nitrogens with zero attached hydrogens (tertiary/aromatic N) is 3. The number of carbonyl (C=O) groups excluding carboxylic acids is 1. The van der Waals surface area contributed by atoms with Gasteiger partial charge in [0.15, 0.2) is 0 Å². The summed E-state index contributed by atoms with van der Waals surface area (Å²) in [5, 5.41) is 0. The van der Waals surface area contributed by atoms with E-state index in [2.05, 4.69) is 29.2 Å². The molecule has 1 aromatic carbocycles. The molecule has 1 aliphatic rings. The number of benzene rings is 1. The number of carbonyl (C=O) groups is 1. The second-order valence-corrected chi connectivity index (χ2v) is 6.47. The lowest BCUT2D eigenvalue weighted by molar-refractivity contribution is -0.131. The van der Waals surface area contributed by atoms with Gasteiger partial charge in [-0.2, -0.15) is 0 Å². The lowest BCUT2D eigenvalue weighted by atomic mass is 9.87. The molecule has 2 heterocycles. The first-order valence-electron chi connectivity index (χ1n) is 8.48. The number of pyridine rings is 1. The fourth-order valence-electron chi connectivity index (χ4n) is 3.70. The third-order valence-corrected chi connectivity index (χ3v) is 5.02. The van der Waals surface area contributed by atoms with Crippen molar-refractivity contribution in [1.29, 1.82) is 0 Å². The number of hydrogen-bond acceptors (Lipinski definition) is 2. The zero-order valence-corrected chi connectivity index (χ0v) is 13.9. The Labute approximate surface area is 141 Å². The molecule has 0 radical (unpaired) electrons. The first-order chi connectivity index (χ1) is 11.7. The topological polar surface area (TPSA) is 37.6 Å². The number of aromatic nitrogens is 2. The molecule has 0 saturated carbocycles. The van der Waals surface area contributed by atoms with Gasteiger partial charge in [0, 0.05) is 19.4 Å². The fourth-order valence-corrected chi connectivity index (χ4v) is 3.70. The molecular weight excluding hydrogens is 298 g/mol. The molecule has 122 valence electrons. The predicted octanol–water partition coefficient (Wildman–Crippen LogP) is 3.41. The Morgan fingerprint density at radius 1 is 1.25 bits per heavy atom. The van der Waals surface area contributed by atoms with Crippen LogP contribution in [0, 0.1) is 0 Å². The molecule has 4 heteroatoms. The second kappa shape index (κ2) is 6.11. The molecule has 0 aliphatic heterocycles. The van der Waals surface area contributed by atoms with Crippen LogP contribution in [0.5, 0.6) is 0 Å². The summed E-state index contributed by atoms with van der Waals surface area (Å²) in [6, 6.07) is 14.6. The number of likely N-dealkylation sites (N-methyl/N-ethyl adjacent to an activating group) is 1. The molecule has 3 aromatic rings. The Kier molecular flexibility index (Phi) is 3.81. The van der Waals surface area contributed by atoms with Crippen LogP contribution < -0.4 is 0 Å². The summed E-state index contributed by atoms with van der Waals surface area (Å²) >= 11 is 0. The van der Waals surface area contributed by atoms with Crippen LogP contribution in [0.3, 0.4) is 0 Å². The number of amides is 1. The minimum absolute atomic E-state index is 0.141. The first-order valence-corrected chi connectivity index (χ1v) is 8.48. The van der Waals surface area contributed by atoms with E-state index in [1.165, 1.54) is 11.1 Å². The highest BCUT2D eigenvalue weighted by Crippen LogP contribution is 2.33. The molecule has 0 spiro atoms. The van der Waals surface area contributed by atoms with E-state index in [4.69, 9.17) is 0 Å². The lowest BCUT2D eigenvalue weighted by Crippen LogP contribution is -2.34. The number of rotatable bonds is 3. The van der Waals surface area contributed by atoms with E-state index >= 15 is 0 Å². The molecule has 1 aliphatic carbocycles. The molecule has 24 heavy (non-hydrogen) atoms. The molecule has 4 nitrogen and oxygen atoms in total. The van der Waals surface area contributed by atoms with Gasteiger partial charge in [-0.15, -0.1) is 0 Å². The summed E-state index contributed by atoms with van der Waals surface area (Å²) in [6.07, 6.45) is 7.42. The smallest absolute Gasteiger partial charge is 0.228 e. The standard InChI is InChI=1S/C20H21N3O/c1-22(18-10-6-8-15-7-2-3-9-17(15)18)20(24)13-16-14-21-19-11-4-5-12-23(16)19/h2-5,7,9,11-12,14,18H,6,8,10,13H2,1H3/t18-/m0/s1. The van der Waals surface area contributed by atoms with Crippen LogP contribution in [0.2, 0.25) is 0 Å². The molecule has 0 N–H and O–H groups in total. The van der Waals surface area contributed by atoms with E-state index in [9.17, 15) is 4.79 Å². The summed E-state index contributed by atoms with van der Waals surface area (Å²) in [5.41, 5.74) is 4.50. The van der Waals surface area contributed by atoms with Gasteiger partial charge in [0.2, 0.25) is 5.91 Å². The van der Waals surface area contributed by atoms with Crippen molar-refractivity contribution in [2.45, 2.75) is 31.7 Å². The molecule has 0 bridgehead atoms. The van der Waals surface area contributed by atoms with Crippen LogP contribution in [0.25, 0.3) is 5.65 Å². The van der Waals surface area contributed by atoms with Crippen molar-refractivity contribution in [3.8, 4) is 0 Å². The predicted molar refractivity (Wildman–Crippen MR) is 93.8 cm³/mol. The van der Waals surface area contributed by atoms with Crippen molar-refractivity contribution in [2.24, 2.45) is 0 Å². The normalized spacial score (nSPS) is 16.8. The molecular formula is C20H21N3O. The summed E-state index contributed by atoms with van der Waals surface area (Å²) in [5.74, 6) is 0.141. The van der Waals surface area contributed by atoms with E-state index in [0.29, 0.717) is 6.42 Å². The average molecular weight is 319 g/mol. The Morgan fingerprint density at radius 2 is 2.08 bits per heavy atom. The van der Waals surface area contributed by atoms with Crippen molar-refractivity contribution in [2.75, 3.05) is 7.05 Å². The number of imidazole rings is 1. The van der Waals surface area contributed by atoms with Crippen molar-refractivity contribution in [3.63, 3.8) is 0 Å². The van der Waals surface area contributed by atoms with Gasteiger partial charge in [-0.25, -0.2) is 4.98 Å². The maximum absolute atomic E-state index is 12.8. The summed E-state index contributed by atoms with van der Waals surface area (Å²) in [7, 11) is 1.93. The van der Waals surface area contributed by atoms with Gasteiger partial charge in [-0.1, -0.05) is 30.3 Å². The first kappa shape index (κ1) is 14.9. The number of aryl methyl sites for hydroxylation is 1. The minimum atomic E-state index is 0.141. The van der Waals surface area contributed by atoms with E-state index < -0.39 is 0 Å². The fraction of sp³-hybridized carbons (Fsp3) is 0.300. The van der Waals surface area contributed by atoms with E-state index in [0.717, 1.165) is 30.6 Å². The summed E-state index contributed by atoms with van der Waals surface area (Å²) in [4.78, 5) is 19.1. The van der Waals surface area contributed by atoms with Crippen LogP contribution in [0.1, 0.15) is 35.7 Å². The monoisotopic (exact) mass is 319 g/mol. The molecule has 1 amide bonds. The van der Waals surface area contributed by atoms with Crippen molar-refractivity contribution in [1.82, 2.24) is 14.3 Å². The average Bonchev–Trinajstić information content (AvgIpc) is 3.03. The largest absolute Gasteiger partial charge is 0.338 e. The zero-order valence-electron chi connectivity index (χ0n) is 13.9. The van der Waals surface area contributed by atoms with Crippen LogP contribution in [0.15, 0.2) is 54.9 Å². The van der Waals surface area contributed by atoms with Crippen molar-refractivity contribution >= 4 is 11.6 Å². The van der Waals surface area contributed by atoms with E-state index in [-0.39, 0.29) is 11.9 Å².